The van der Waals surface area contributed by atoms with Gasteiger partial charge < -0.3 is 19.7 Å². The lowest BCUT2D eigenvalue weighted by atomic mass is 9.95. The van der Waals surface area contributed by atoms with E-state index in [4.69, 9.17) is 9.47 Å². The van der Waals surface area contributed by atoms with E-state index in [1.165, 1.54) is 26.4 Å². The van der Waals surface area contributed by atoms with Gasteiger partial charge >= 0.3 is 11.9 Å². The van der Waals surface area contributed by atoms with E-state index in [-0.39, 0.29) is 27.1 Å². The Hall–Kier alpha value is -4.18. The second kappa shape index (κ2) is 9.22. The van der Waals surface area contributed by atoms with E-state index in [0.717, 1.165) is 21.8 Å². The molecule has 0 bridgehead atoms. The molecule has 2 N–H and O–H groups in total. The Kier molecular flexibility index (Phi) is 6.31. The number of phenols is 1. The summed E-state index contributed by atoms with van der Waals surface area (Å²) in [6, 6.07) is 9.78. The molecule has 1 aliphatic rings. The molecule has 0 radical (unpaired) electrons. The standard InChI is InChI=1S/C25H22N2O7S/c1-12-11-15(7-10-17(12)33-3)20(29)18-19(14-5-8-16(28)9-6-14)27(23(31)21(18)30)25-26-13(2)22(35-25)24(32)34-4/h5-11,19,28-29H,1-4H3/b20-18+/t19-/m1/s1. The van der Waals surface area contributed by atoms with Crippen LogP contribution in [0.2, 0.25) is 0 Å². The highest BCUT2D eigenvalue weighted by Crippen LogP contribution is 2.44. The van der Waals surface area contributed by atoms with Gasteiger partial charge in [-0.05, 0) is 55.3 Å². The van der Waals surface area contributed by atoms with Gasteiger partial charge in [-0.25, -0.2) is 9.78 Å². The molecule has 0 spiro atoms. The van der Waals surface area contributed by atoms with Gasteiger partial charge in [0.1, 0.15) is 22.1 Å². The van der Waals surface area contributed by atoms with Crippen molar-refractivity contribution in [2.45, 2.75) is 19.9 Å². The summed E-state index contributed by atoms with van der Waals surface area (Å²) in [6.45, 7) is 3.39. The number of carbonyl (C=O) groups is 3. The summed E-state index contributed by atoms with van der Waals surface area (Å²) < 4.78 is 10.1. The van der Waals surface area contributed by atoms with E-state index in [1.807, 2.05) is 0 Å². The number of ketones is 1. The number of aromatic hydroxyl groups is 1. The Labute approximate surface area is 204 Å². The van der Waals surface area contributed by atoms with E-state index in [0.29, 0.717) is 22.6 Å². The Morgan fingerprint density at radius 2 is 1.77 bits per heavy atom. The Morgan fingerprint density at radius 1 is 1.09 bits per heavy atom. The smallest absolute Gasteiger partial charge is 0.350 e. The first-order chi connectivity index (χ1) is 16.7. The minimum atomic E-state index is -1.05. The van der Waals surface area contributed by atoms with E-state index >= 15 is 0 Å². The van der Waals surface area contributed by atoms with Crippen LogP contribution in [0.15, 0.2) is 48.0 Å². The monoisotopic (exact) mass is 494 g/mol. The highest BCUT2D eigenvalue weighted by atomic mass is 32.1. The van der Waals surface area contributed by atoms with Crippen LogP contribution in [0.5, 0.6) is 11.5 Å². The lowest BCUT2D eigenvalue weighted by molar-refractivity contribution is -0.132. The summed E-state index contributed by atoms with van der Waals surface area (Å²) in [7, 11) is 2.76. The van der Waals surface area contributed by atoms with Crippen LogP contribution in [0.4, 0.5) is 5.13 Å². The first-order valence-electron chi connectivity index (χ1n) is 10.5. The number of carbonyl (C=O) groups excluding carboxylic acids is 3. The zero-order chi connectivity index (χ0) is 25.4. The van der Waals surface area contributed by atoms with Crippen molar-refractivity contribution in [2.75, 3.05) is 19.1 Å². The maximum atomic E-state index is 13.2. The fourth-order valence-corrected chi connectivity index (χ4v) is 4.96. The van der Waals surface area contributed by atoms with Crippen LogP contribution in [0.25, 0.3) is 5.76 Å². The zero-order valence-corrected chi connectivity index (χ0v) is 20.2. The number of aliphatic hydroxyl groups is 1. The number of anilines is 1. The third kappa shape index (κ3) is 4.12. The Morgan fingerprint density at radius 3 is 2.37 bits per heavy atom. The number of ether oxygens (including phenoxy) is 2. The number of phenolic OH excluding ortho intramolecular Hbond substituents is 1. The maximum Gasteiger partial charge on any atom is 0.350 e. The van der Waals surface area contributed by atoms with Crippen LogP contribution in [-0.2, 0) is 14.3 Å². The van der Waals surface area contributed by atoms with Gasteiger partial charge in [-0.1, -0.05) is 23.5 Å². The molecule has 1 atom stereocenters. The number of rotatable bonds is 5. The topological polar surface area (TPSA) is 126 Å². The Bertz CT molecular complexity index is 1370. The first-order valence-corrected chi connectivity index (χ1v) is 11.3. The number of aryl methyl sites for hydroxylation is 2. The van der Waals surface area contributed by atoms with Crippen molar-refractivity contribution in [2.24, 2.45) is 0 Å². The van der Waals surface area contributed by atoms with E-state index in [9.17, 15) is 24.6 Å². The predicted octanol–water partition coefficient (Wildman–Crippen LogP) is 3.89. The zero-order valence-electron chi connectivity index (χ0n) is 19.4. The molecule has 3 aromatic rings. The van der Waals surface area contributed by atoms with Gasteiger partial charge in [-0.15, -0.1) is 0 Å². The molecule has 1 saturated heterocycles. The number of esters is 1. The third-order valence-corrected chi connectivity index (χ3v) is 6.82. The number of aromatic nitrogens is 1. The fourth-order valence-electron chi connectivity index (χ4n) is 3.95. The average Bonchev–Trinajstić information content (AvgIpc) is 3.35. The fraction of sp³-hybridized carbons (Fsp3) is 0.200. The number of methoxy groups -OCH3 is 2. The largest absolute Gasteiger partial charge is 0.508 e. The summed E-state index contributed by atoms with van der Waals surface area (Å²) in [4.78, 5) is 44.3. The molecular formula is C25H22N2O7S. The van der Waals surface area contributed by atoms with Crippen molar-refractivity contribution in [3.63, 3.8) is 0 Å². The summed E-state index contributed by atoms with van der Waals surface area (Å²) in [5.41, 5.74) is 1.72. The number of amides is 1. The van der Waals surface area contributed by atoms with E-state index < -0.39 is 23.7 Å². The first kappa shape index (κ1) is 24.0. The molecule has 2 heterocycles. The van der Waals surface area contributed by atoms with Crippen molar-refractivity contribution in [1.29, 1.82) is 0 Å². The number of hydrogen-bond acceptors (Lipinski definition) is 9. The number of hydrogen-bond donors (Lipinski definition) is 2. The molecule has 10 heteroatoms. The van der Waals surface area contributed by atoms with Crippen molar-refractivity contribution in [3.05, 3.63) is 75.3 Å². The summed E-state index contributed by atoms with van der Waals surface area (Å²) in [5.74, 6) is -2.18. The van der Waals surface area contributed by atoms with Crippen LogP contribution in [0.3, 0.4) is 0 Å². The second-order valence-electron chi connectivity index (χ2n) is 7.85. The molecule has 0 aliphatic carbocycles. The van der Waals surface area contributed by atoms with Gasteiger partial charge in [0.25, 0.3) is 5.78 Å². The number of nitrogens with zero attached hydrogens (tertiary/aromatic N) is 2. The number of thiazole rings is 1. The molecule has 180 valence electrons. The van der Waals surface area contributed by atoms with Crippen LogP contribution in [-0.4, -0.2) is 47.1 Å². The molecule has 1 aromatic heterocycles. The Balaban J connectivity index is 1.93. The van der Waals surface area contributed by atoms with Crippen LogP contribution in [0.1, 0.15) is 38.1 Å². The minimum absolute atomic E-state index is 0.00505. The molecular weight excluding hydrogens is 472 g/mol. The highest BCUT2D eigenvalue weighted by molar-refractivity contribution is 7.17. The van der Waals surface area contributed by atoms with Crippen molar-refractivity contribution in [3.8, 4) is 11.5 Å². The van der Waals surface area contributed by atoms with Crippen LogP contribution in [0, 0.1) is 13.8 Å². The molecule has 0 unspecified atom stereocenters. The maximum absolute atomic E-state index is 13.2. The number of benzene rings is 2. The molecule has 0 saturated carbocycles. The van der Waals surface area contributed by atoms with Crippen molar-refractivity contribution >= 4 is 39.9 Å². The van der Waals surface area contributed by atoms with Crippen molar-refractivity contribution in [1.82, 2.24) is 4.98 Å². The highest BCUT2D eigenvalue weighted by Gasteiger charge is 2.48. The second-order valence-corrected chi connectivity index (χ2v) is 8.83. The molecule has 4 rings (SSSR count). The molecule has 1 fully saturated rings. The third-order valence-electron chi connectivity index (χ3n) is 5.68. The molecule has 35 heavy (non-hydrogen) atoms. The van der Waals surface area contributed by atoms with Crippen molar-refractivity contribution < 1.29 is 34.1 Å². The van der Waals surface area contributed by atoms with Gasteiger partial charge in [0, 0.05) is 5.56 Å². The number of Topliss-reactive ketones (excluding diaryl/α,β-unsaturated/α-hetero) is 1. The van der Waals surface area contributed by atoms with Crippen LogP contribution >= 0.6 is 11.3 Å². The van der Waals surface area contributed by atoms with Gasteiger partial charge in [0.05, 0.1) is 31.5 Å². The van der Waals surface area contributed by atoms with Crippen LogP contribution < -0.4 is 9.64 Å². The predicted molar refractivity (Wildman–Crippen MR) is 129 cm³/mol. The molecule has 2 aromatic carbocycles. The lowest BCUT2D eigenvalue weighted by Gasteiger charge is -2.23. The lowest BCUT2D eigenvalue weighted by Crippen LogP contribution is -2.29. The summed E-state index contributed by atoms with van der Waals surface area (Å²) in [6.07, 6.45) is 0. The van der Waals surface area contributed by atoms with Gasteiger partial charge in [-0.3, -0.25) is 14.5 Å². The van der Waals surface area contributed by atoms with E-state index in [1.54, 1.807) is 44.2 Å². The molecule has 1 amide bonds. The van der Waals surface area contributed by atoms with Gasteiger partial charge in [0.15, 0.2) is 5.13 Å². The molecule has 1 aliphatic heterocycles. The average molecular weight is 495 g/mol. The minimum Gasteiger partial charge on any atom is -0.508 e. The quantitative estimate of drug-likeness (QED) is 0.237. The summed E-state index contributed by atoms with van der Waals surface area (Å²) in [5, 5.41) is 21.1. The van der Waals surface area contributed by atoms with Gasteiger partial charge in [0.2, 0.25) is 0 Å². The normalized spacial score (nSPS) is 17.0. The summed E-state index contributed by atoms with van der Waals surface area (Å²) >= 11 is 0.911. The number of aliphatic hydroxyl groups excluding tert-OH is 1. The van der Waals surface area contributed by atoms with E-state index in [2.05, 4.69) is 4.98 Å². The van der Waals surface area contributed by atoms with Gasteiger partial charge in [-0.2, -0.15) is 0 Å². The SMILES string of the molecule is COC(=O)c1sc(N2C(=O)C(=O)/C(=C(/O)c3ccc(OC)c(C)c3)[C@H]2c2ccc(O)cc2)nc1C. The molecule has 9 nitrogen and oxygen atoms in total.